The van der Waals surface area contributed by atoms with Gasteiger partial charge in [-0.05, 0) is 42.8 Å². The molecule has 140 valence electrons. The largest absolute Gasteiger partial charge is 0.335 e. The Balaban J connectivity index is 1.86. The molecule has 3 rings (SSSR count). The number of aryl methyl sites for hydroxylation is 1. The van der Waals surface area contributed by atoms with Crippen molar-refractivity contribution in [3.8, 4) is 0 Å². The SMILES string of the molecule is Cc1ccc(C(=O)N/C(=C/c2ccc(Br)cc2)C(=O)N2CCNCC2)cc1. The number of halogens is 1. The Morgan fingerprint density at radius 1 is 1.04 bits per heavy atom. The molecule has 1 aliphatic heterocycles. The van der Waals surface area contributed by atoms with Crippen molar-refractivity contribution in [1.29, 1.82) is 0 Å². The van der Waals surface area contributed by atoms with Crippen LogP contribution in [-0.4, -0.2) is 42.9 Å². The van der Waals surface area contributed by atoms with Crippen molar-refractivity contribution in [3.63, 3.8) is 0 Å². The maximum absolute atomic E-state index is 13.0. The molecule has 2 N–H and O–H groups in total. The van der Waals surface area contributed by atoms with Crippen LogP contribution < -0.4 is 10.6 Å². The lowest BCUT2D eigenvalue weighted by atomic mass is 10.1. The van der Waals surface area contributed by atoms with E-state index in [2.05, 4.69) is 26.6 Å². The molecule has 2 amide bonds. The monoisotopic (exact) mass is 427 g/mol. The number of rotatable bonds is 4. The third-order valence-electron chi connectivity index (χ3n) is 4.38. The Kier molecular flexibility index (Phi) is 6.42. The Bertz CT molecular complexity index is 839. The minimum atomic E-state index is -0.290. The maximum atomic E-state index is 13.0. The Morgan fingerprint density at radius 3 is 2.30 bits per heavy atom. The van der Waals surface area contributed by atoms with Crippen LogP contribution in [0.3, 0.4) is 0 Å². The summed E-state index contributed by atoms with van der Waals surface area (Å²) in [6, 6.07) is 14.9. The lowest BCUT2D eigenvalue weighted by Gasteiger charge is -2.28. The van der Waals surface area contributed by atoms with Crippen LogP contribution in [0.1, 0.15) is 21.5 Å². The molecule has 1 fully saturated rings. The van der Waals surface area contributed by atoms with Gasteiger partial charge in [-0.15, -0.1) is 0 Å². The van der Waals surface area contributed by atoms with E-state index in [1.54, 1.807) is 23.1 Å². The number of hydrogen-bond acceptors (Lipinski definition) is 3. The molecule has 1 heterocycles. The first kappa shape index (κ1) is 19.3. The second kappa shape index (κ2) is 8.97. The van der Waals surface area contributed by atoms with Gasteiger partial charge in [0, 0.05) is 36.2 Å². The summed E-state index contributed by atoms with van der Waals surface area (Å²) >= 11 is 3.41. The molecule has 2 aromatic rings. The third kappa shape index (κ3) is 5.28. The molecule has 6 heteroatoms. The average molecular weight is 428 g/mol. The highest BCUT2D eigenvalue weighted by molar-refractivity contribution is 9.10. The quantitative estimate of drug-likeness (QED) is 0.737. The minimum absolute atomic E-state index is 0.167. The molecule has 0 aromatic heterocycles. The van der Waals surface area contributed by atoms with Crippen molar-refractivity contribution < 1.29 is 9.59 Å². The van der Waals surface area contributed by atoms with E-state index in [1.807, 2.05) is 43.3 Å². The highest BCUT2D eigenvalue weighted by Gasteiger charge is 2.22. The van der Waals surface area contributed by atoms with Crippen LogP contribution in [-0.2, 0) is 4.79 Å². The van der Waals surface area contributed by atoms with Gasteiger partial charge in [0.25, 0.3) is 11.8 Å². The van der Waals surface area contributed by atoms with E-state index in [0.717, 1.165) is 28.7 Å². The second-order valence-corrected chi connectivity index (χ2v) is 7.39. The minimum Gasteiger partial charge on any atom is -0.335 e. The predicted molar refractivity (Wildman–Crippen MR) is 110 cm³/mol. The van der Waals surface area contributed by atoms with Crippen molar-refractivity contribution in [2.24, 2.45) is 0 Å². The van der Waals surface area contributed by atoms with Gasteiger partial charge in [0.05, 0.1) is 0 Å². The lowest BCUT2D eigenvalue weighted by Crippen LogP contribution is -2.48. The van der Waals surface area contributed by atoms with Gasteiger partial charge in [0.2, 0.25) is 0 Å². The first-order valence-electron chi connectivity index (χ1n) is 8.88. The topological polar surface area (TPSA) is 61.4 Å². The van der Waals surface area contributed by atoms with E-state index < -0.39 is 0 Å². The number of amides is 2. The van der Waals surface area contributed by atoms with E-state index in [4.69, 9.17) is 0 Å². The molecule has 0 unspecified atom stereocenters. The number of nitrogens with zero attached hydrogens (tertiary/aromatic N) is 1. The van der Waals surface area contributed by atoms with Crippen molar-refractivity contribution in [3.05, 3.63) is 75.4 Å². The van der Waals surface area contributed by atoms with Crippen LogP contribution in [0, 0.1) is 6.92 Å². The summed E-state index contributed by atoms with van der Waals surface area (Å²) in [6.07, 6.45) is 1.73. The van der Waals surface area contributed by atoms with Crippen molar-refractivity contribution in [2.75, 3.05) is 26.2 Å². The zero-order chi connectivity index (χ0) is 19.2. The van der Waals surface area contributed by atoms with Gasteiger partial charge in [-0.1, -0.05) is 45.8 Å². The molecular formula is C21H22BrN3O2. The normalized spacial score (nSPS) is 14.7. The molecule has 0 spiro atoms. The van der Waals surface area contributed by atoms with Crippen molar-refractivity contribution in [1.82, 2.24) is 15.5 Å². The van der Waals surface area contributed by atoms with Crippen LogP contribution in [0.5, 0.6) is 0 Å². The highest BCUT2D eigenvalue weighted by atomic mass is 79.9. The Labute approximate surface area is 167 Å². The molecule has 0 radical (unpaired) electrons. The Morgan fingerprint density at radius 2 is 1.67 bits per heavy atom. The fourth-order valence-corrected chi connectivity index (χ4v) is 3.08. The standard InChI is InChI=1S/C21H22BrN3O2/c1-15-2-6-17(7-3-15)20(26)24-19(14-16-4-8-18(22)9-5-16)21(27)25-12-10-23-11-13-25/h2-9,14,23H,10-13H2,1H3,(H,24,26)/b19-14+. The molecular weight excluding hydrogens is 406 g/mol. The summed E-state index contributed by atoms with van der Waals surface area (Å²) in [5.41, 5.74) is 2.73. The van der Waals surface area contributed by atoms with E-state index in [1.165, 1.54) is 0 Å². The van der Waals surface area contributed by atoms with Crippen molar-refractivity contribution in [2.45, 2.75) is 6.92 Å². The molecule has 0 saturated carbocycles. The third-order valence-corrected chi connectivity index (χ3v) is 4.91. The van der Waals surface area contributed by atoms with Crippen LogP contribution in [0.15, 0.2) is 58.7 Å². The molecule has 1 saturated heterocycles. The summed E-state index contributed by atoms with van der Waals surface area (Å²) in [7, 11) is 0. The zero-order valence-electron chi connectivity index (χ0n) is 15.2. The second-order valence-electron chi connectivity index (χ2n) is 6.47. The van der Waals surface area contributed by atoms with Gasteiger partial charge in [-0.2, -0.15) is 0 Å². The molecule has 0 aliphatic carbocycles. The van der Waals surface area contributed by atoms with Crippen molar-refractivity contribution >= 4 is 33.8 Å². The summed E-state index contributed by atoms with van der Waals surface area (Å²) in [5.74, 6) is -0.457. The fraction of sp³-hybridized carbons (Fsp3) is 0.238. The molecule has 0 atom stereocenters. The van der Waals surface area contributed by atoms with Gasteiger partial charge in [-0.25, -0.2) is 0 Å². The number of benzene rings is 2. The smallest absolute Gasteiger partial charge is 0.270 e. The molecule has 2 aromatic carbocycles. The van der Waals surface area contributed by atoms with E-state index in [9.17, 15) is 9.59 Å². The first-order valence-corrected chi connectivity index (χ1v) is 9.67. The van der Waals surface area contributed by atoms with Gasteiger partial charge < -0.3 is 15.5 Å². The van der Waals surface area contributed by atoms with Crippen LogP contribution >= 0.6 is 15.9 Å². The number of carbonyl (C=O) groups is 2. The summed E-state index contributed by atoms with van der Waals surface area (Å²) in [5, 5.41) is 6.04. The zero-order valence-corrected chi connectivity index (χ0v) is 16.8. The first-order chi connectivity index (χ1) is 13.0. The molecule has 1 aliphatic rings. The number of nitrogens with one attached hydrogen (secondary N) is 2. The molecule has 5 nitrogen and oxygen atoms in total. The Hall–Kier alpha value is -2.44. The van der Waals surface area contributed by atoms with Gasteiger partial charge in [0.15, 0.2) is 0 Å². The van der Waals surface area contributed by atoms with Gasteiger partial charge in [0.1, 0.15) is 5.70 Å². The summed E-state index contributed by atoms with van der Waals surface area (Å²) in [4.78, 5) is 27.4. The highest BCUT2D eigenvalue weighted by Crippen LogP contribution is 2.14. The fourth-order valence-electron chi connectivity index (χ4n) is 2.81. The molecule has 0 bridgehead atoms. The van der Waals surface area contributed by atoms with Crippen LogP contribution in [0.25, 0.3) is 6.08 Å². The predicted octanol–water partition coefficient (Wildman–Crippen LogP) is 2.96. The number of hydrogen-bond donors (Lipinski definition) is 2. The van der Waals surface area contributed by atoms with E-state index in [-0.39, 0.29) is 17.5 Å². The van der Waals surface area contributed by atoms with Crippen LogP contribution in [0.2, 0.25) is 0 Å². The van der Waals surface area contributed by atoms with E-state index >= 15 is 0 Å². The summed E-state index contributed by atoms with van der Waals surface area (Å²) in [6.45, 7) is 4.72. The maximum Gasteiger partial charge on any atom is 0.270 e. The lowest BCUT2D eigenvalue weighted by molar-refractivity contribution is -0.127. The number of piperazine rings is 1. The van der Waals surface area contributed by atoms with Crippen LogP contribution in [0.4, 0.5) is 0 Å². The van der Waals surface area contributed by atoms with Gasteiger partial charge >= 0.3 is 0 Å². The van der Waals surface area contributed by atoms with E-state index in [0.29, 0.717) is 18.7 Å². The number of carbonyl (C=O) groups excluding carboxylic acids is 2. The summed E-state index contributed by atoms with van der Waals surface area (Å²) < 4.78 is 0.957. The average Bonchev–Trinajstić information content (AvgIpc) is 2.69. The molecule has 27 heavy (non-hydrogen) atoms. The van der Waals surface area contributed by atoms with Gasteiger partial charge in [-0.3, -0.25) is 9.59 Å².